The Labute approximate surface area is 117 Å². The van der Waals surface area contributed by atoms with Gasteiger partial charge >= 0.3 is 0 Å². The average molecular weight is 270 g/mol. The summed E-state index contributed by atoms with van der Waals surface area (Å²) in [5.41, 5.74) is 5.64. The molecule has 0 bridgehead atoms. The molecule has 0 radical (unpaired) electrons. The van der Waals surface area contributed by atoms with E-state index in [9.17, 15) is 4.79 Å². The lowest BCUT2D eigenvalue weighted by atomic mass is 9.88. The molecular weight excluding hydrogens is 240 g/mol. The highest BCUT2D eigenvalue weighted by molar-refractivity contribution is 5.76. The zero-order chi connectivity index (χ0) is 14.4. The number of carbonyl (C=O) groups is 1. The van der Waals surface area contributed by atoms with Crippen molar-refractivity contribution >= 4 is 5.91 Å². The van der Waals surface area contributed by atoms with Crippen molar-refractivity contribution in [1.29, 1.82) is 0 Å². The SMILES string of the molecule is CC(C)C(CCN)CCC(=O)N(C)C1CCOC1C. The molecule has 1 rings (SSSR count). The molecule has 19 heavy (non-hydrogen) atoms. The van der Waals surface area contributed by atoms with Crippen LogP contribution in [-0.2, 0) is 9.53 Å². The average Bonchev–Trinajstić information content (AvgIpc) is 2.79. The first-order chi connectivity index (χ1) is 8.97. The van der Waals surface area contributed by atoms with E-state index in [1.54, 1.807) is 0 Å². The topological polar surface area (TPSA) is 55.6 Å². The lowest BCUT2D eigenvalue weighted by molar-refractivity contribution is -0.133. The fourth-order valence-corrected chi connectivity index (χ4v) is 2.92. The minimum atomic E-state index is 0.166. The van der Waals surface area contributed by atoms with Gasteiger partial charge in [-0.2, -0.15) is 0 Å². The molecule has 112 valence electrons. The van der Waals surface area contributed by atoms with Gasteiger partial charge in [-0.15, -0.1) is 0 Å². The summed E-state index contributed by atoms with van der Waals surface area (Å²) in [6.07, 6.45) is 3.71. The Morgan fingerprint density at radius 3 is 2.58 bits per heavy atom. The van der Waals surface area contributed by atoms with E-state index in [-0.39, 0.29) is 18.1 Å². The van der Waals surface area contributed by atoms with Crippen LogP contribution in [0.15, 0.2) is 0 Å². The third-order valence-electron chi connectivity index (χ3n) is 4.44. The van der Waals surface area contributed by atoms with Crippen molar-refractivity contribution in [3.8, 4) is 0 Å². The summed E-state index contributed by atoms with van der Waals surface area (Å²) >= 11 is 0. The summed E-state index contributed by atoms with van der Waals surface area (Å²) in [4.78, 5) is 14.1. The number of likely N-dealkylation sites (N-methyl/N-ethyl adjacent to an activating group) is 1. The molecule has 2 N–H and O–H groups in total. The highest BCUT2D eigenvalue weighted by Gasteiger charge is 2.30. The number of ether oxygens (including phenoxy) is 1. The van der Waals surface area contributed by atoms with Crippen molar-refractivity contribution in [1.82, 2.24) is 4.90 Å². The van der Waals surface area contributed by atoms with Gasteiger partial charge in [0, 0.05) is 20.1 Å². The smallest absolute Gasteiger partial charge is 0.222 e. The molecule has 0 aromatic rings. The van der Waals surface area contributed by atoms with Crippen molar-refractivity contribution in [2.45, 2.75) is 58.6 Å². The largest absolute Gasteiger partial charge is 0.376 e. The van der Waals surface area contributed by atoms with Crippen LogP contribution < -0.4 is 5.73 Å². The number of rotatable bonds is 7. The standard InChI is InChI=1S/C15H30N2O2/c1-11(2)13(7-9-16)5-6-15(18)17(4)14-8-10-19-12(14)3/h11-14H,5-10,16H2,1-4H3. The van der Waals surface area contributed by atoms with Gasteiger partial charge in [0.1, 0.15) is 0 Å². The highest BCUT2D eigenvalue weighted by Crippen LogP contribution is 2.23. The molecule has 0 aliphatic carbocycles. The molecule has 3 unspecified atom stereocenters. The van der Waals surface area contributed by atoms with Crippen LogP contribution in [0.4, 0.5) is 0 Å². The molecule has 4 heteroatoms. The molecule has 1 aliphatic heterocycles. The molecule has 1 amide bonds. The van der Waals surface area contributed by atoms with E-state index in [0.717, 1.165) is 25.9 Å². The first kappa shape index (κ1) is 16.4. The molecule has 1 saturated heterocycles. The molecule has 0 aromatic heterocycles. The Bertz CT molecular complexity index is 281. The number of nitrogens with two attached hydrogens (primary N) is 1. The van der Waals surface area contributed by atoms with E-state index in [4.69, 9.17) is 10.5 Å². The fraction of sp³-hybridized carbons (Fsp3) is 0.933. The molecule has 1 fully saturated rings. The van der Waals surface area contributed by atoms with Gasteiger partial charge in [0.15, 0.2) is 0 Å². The van der Waals surface area contributed by atoms with E-state index in [1.165, 1.54) is 0 Å². The minimum Gasteiger partial charge on any atom is -0.376 e. The van der Waals surface area contributed by atoms with Crippen molar-refractivity contribution in [2.75, 3.05) is 20.2 Å². The maximum atomic E-state index is 12.2. The molecular formula is C15H30N2O2. The van der Waals surface area contributed by atoms with Gasteiger partial charge < -0.3 is 15.4 Å². The van der Waals surface area contributed by atoms with E-state index in [2.05, 4.69) is 13.8 Å². The summed E-state index contributed by atoms with van der Waals surface area (Å²) in [6, 6.07) is 0.250. The molecule has 3 atom stereocenters. The fourth-order valence-electron chi connectivity index (χ4n) is 2.92. The van der Waals surface area contributed by atoms with Gasteiger partial charge in [0.25, 0.3) is 0 Å². The number of amides is 1. The van der Waals surface area contributed by atoms with Crippen molar-refractivity contribution in [3.63, 3.8) is 0 Å². The second-order valence-electron chi connectivity index (χ2n) is 6.06. The number of nitrogens with zero attached hydrogens (tertiary/aromatic N) is 1. The van der Waals surface area contributed by atoms with E-state index >= 15 is 0 Å². The summed E-state index contributed by atoms with van der Waals surface area (Å²) < 4.78 is 5.53. The Hall–Kier alpha value is -0.610. The van der Waals surface area contributed by atoms with Crippen LogP contribution in [0.25, 0.3) is 0 Å². The van der Waals surface area contributed by atoms with Crippen LogP contribution in [0, 0.1) is 11.8 Å². The summed E-state index contributed by atoms with van der Waals surface area (Å²) in [5.74, 6) is 1.39. The lowest BCUT2D eigenvalue weighted by Gasteiger charge is -2.28. The van der Waals surface area contributed by atoms with Gasteiger partial charge in [0.05, 0.1) is 12.1 Å². The quantitative estimate of drug-likeness (QED) is 0.770. The summed E-state index contributed by atoms with van der Waals surface area (Å²) in [5, 5.41) is 0. The molecule has 1 aliphatic rings. The van der Waals surface area contributed by atoms with Gasteiger partial charge in [-0.3, -0.25) is 4.79 Å². The lowest BCUT2D eigenvalue weighted by Crippen LogP contribution is -2.41. The third-order valence-corrected chi connectivity index (χ3v) is 4.44. The van der Waals surface area contributed by atoms with Gasteiger partial charge in [-0.25, -0.2) is 0 Å². The molecule has 4 nitrogen and oxygen atoms in total. The zero-order valence-corrected chi connectivity index (χ0v) is 12.9. The summed E-state index contributed by atoms with van der Waals surface area (Å²) in [6.45, 7) is 7.95. The molecule has 0 aromatic carbocycles. The highest BCUT2D eigenvalue weighted by atomic mass is 16.5. The Kier molecular flexibility index (Phi) is 6.80. The van der Waals surface area contributed by atoms with Crippen molar-refractivity contribution < 1.29 is 9.53 Å². The van der Waals surface area contributed by atoms with Crippen molar-refractivity contribution in [2.24, 2.45) is 17.6 Å². The maximum absolute atomic E-state index is 12.2. The van der Waals surface area contributed by atoms with E-state index < -0.39 is 0 Å². The maximum Gasteiger partial charge on any atom is 0.222 e. The Balaban J connectivity index is 2.41. The van der Waals surface area contributed by atoms with E-state index in [0.29, 0.717) is 24.8 Å². The molecule has 1 heterocycles. The zero-order valence-electron chi connectivity index (χ0n) is 12.9. The van der Waals surface area contributed by atoms with Crippen LogP contribution in [0.2, 0.25) is 0 Å². The van der Waals surface area contributed by atoms with Gasteiger partial charge in [-0.1, -0.05) is 13.8 Å². The minimum absolute atomic E-state index is 0.166. The predicted molar refractivity (Wildman–Crippen MR) is 77.8 cm³/mol. The number of hydrogen-bond acceptors (Lipinski definition) is 3. The van der Waals surface area contributed by atoms with Gasteiger partial charge in [-0.05, 0) is 44.6 Å². The first-order valence-corrected chi connectivity index (χ1v) is 7.54. The second-order valence-corrected chi connectivity index (χ2v) is 6.06. The normalized spacial score (nSPS) is 24.7. The van der Waals surface area contributed by atoms with Crippen LogP contribution >= 0.6 is 0 Å². The van der Waals surface area contributed by atoms with Crippen LogP contribution in [0.5, 0.6) is 0 Å². The molecule has 0 spiro atoms. The third kappa shape index (κ3) is 4.77. The summed E-state index contributed by atoms with van der Waals surface area (Å²) in [7, 11) is 1.91. The Morgan fingerprint density at radius 1 is 1.42 bits per heavy atom. The monoisotopic (exact) mass is 270 g/mol. The van der Waals surface area contributed by atoms with E-state index in [1.807, 2.05) is 18.9 Å². The van der Waals surface area contributed by atoms with Crippen LogP contribution in [0.1, 0.15) is 46.5 Å². The Morgan fingerprint density at radius 2 is 2.11 bits per heavy atom. The molecule has 0 saturated carbocycles. The van der Waals surface area contributed by atoms with Crippen LogP contribution in [-0.4, -0.2) is 43.2 Å². The number of hydrogen-bond donors (Lipinski definition) is 1. The first-order valence-electron chi connectivity index (χ1n) is 7.54. The number of carbonyl (C=O) groups excluding carboxylic acids is 1. The predicted octanol–water partition coefficient (Wildman–Crippen LogP) is 2.02. The second kappa shape index (κ2) is 7.85. The van der Waals surface area contributed by atoms with Gasteiger partial charge in [0.2, 0.25) is 5.91 Å². The van der Waals surface area contributed by atoms with Crippen molar-refractivity contribution in [3.05, 3.63) is 0 Å². The van der Waals surface area contributed by atoms with Crippen LogP contribution in [0.3, 0.4) is 0 Å².